The van der Waals surface area contributed by atoms with Gasteiger partial charge in [0.15, 0.2) is 0 Å². The lowest BCUT2D eigenvalue weighted by molar-refractivity contribution is 0.445. The molecule has 0 unspecified atom stereocenters. The van der Waals surface area contributed by atoms with Gasteiger partial charge in [-0.1, -0.05) is 26.0 Å². The van der Waals surface area contributed by atoms with Gasteiger partial charge in [0.1, 0.15) is 12.0 Å². The van der Waals surface area contributed by atoms with Gasteiger partial charge in [-0.3, -0.25) is 0 Å². The maximum absolute atomic E-state index is 13.7. The number of sulfonamides is 1. The molecule has 0 saturated carbocycles. The van der Waals surface area contributed by atoms with Crippen LogP contribution < -0.4 is 9.80 Å². The summed E-state index contributed by atoms with van der Waals surface area (Å²) in [5.74, 6) is -0.252. The summed E-state index contributed by atoms with van der Waals surface area (Å²) in [5.41, 5.74) is 2.87. The van der Waals surface area contributed by atoms with Crippen molar-refractivity contribution in [2.24, 2.45) is 0 Å². The van der Waals surface area contributed by atoms with E-state index in [1.54, 1.807) is 24.3 Å². The molecule has 2 aliphatic heterocycles. The van der Waals surface area contributed by atoms with Crippen LogP contribution in [0.3, 0.4) is 0 Å². The summed E-state index contributed by atoms with van der Waals surface area (Å²) in [6, 6.07) is 12.1. The van der Waals surface area contributed by atoms with Crippen LogP contribution in [0.25, 0.3) is 0 Å². The minimum absolute atomic E-state index is 0.199. The number of fused-ring (bicyclic) bond motifs is 3. The quantitative estimate of drug-likeness (QED) is 0.736. The average molecular weight is 404 g/mol. The third-order valence-corrected chi connectivity index (χ3v) is 7.78. The monoisotopic (exact) mass is 403 g/mol. The second-order valence-corrected chi connectivity index (χ2v) is 9.25. The molecule has 0 radical (unpaired) electrons. The van der Waals surface area contributed by atoms with Crippen LogP contribution in [0.1, 0.15) is 32.3 Å². The smallest absolute Gasteiger partial charge is 0.243 e. The number of hydrogen-bond acceptors (Lipinski definition) is 4. The second-order valence-electron chi connectivity index (χ2n) is 7.31. The summed E-state index contributed by atoms with van der Waals surface area (Å²) >= 11 is 0. The number of rotatable bonds is 6. The SMILES string of the molecule is CCN(CC)S(=O)(=O)c1ccc2c(c1)N(Cc1cccc(F)c1)[C@@H]1CCCN21. The molecule has 2 aromatic carbocycles. The van der Waals surface area contributed by atoms with Crippen LogP contribution in [-0.4, -0.2) is 38.5 Å². The predicted octanol–water partition coefficient (Wildman–Crippen LogP) is 3.80. The molecule has 28 heavy (non-hydrogen) atoms. The van der Waals surface area contributed by atoms with Crippen LogP contribution >= 0.6 is 0 Å². The van der Waals surface area contributed by atoms with Crippen molar-refractivity contribution < 1.29 is 12.8 Å². The van der Waals surface area contributed by atoms with Gasteiger partial charge in [0.05, 0.1) is 16.3 Å². The van der Waals surface area contributed by atoms with Crippen LogP contribution in [0.2, 0.25) is 0 Å². The molecule has 2 aromatic rings. The van der Waals surface area contributed by atoms with Gasteiger partial charge < -0.3 is 9.80 Å². The van der Waals surface area contributed by atoms with Gasteiger partial charge in [0.2, 0.25) is 10.0 Å². The number of nitrogens with zero attached hydrogens (tertiary/aromatic N) is 3. The minimum atomic E-state index is -3.52. The lowest BCUT2D eigenvalue weighted by Crippen LogP contribution is -2.38. The van der Waals surface area contributed by atoms with Gasteiger partial charge in [-0.2, -0.15) is 4.31 Å². The van der Waals surface area contributed by atoms with E-state index in [0.717, 1.165) is 36.3 Å². The molecule has 0 aromatic heterocycles. The fraction of sp³-hybridized carbons (Fsp3) is 0.429. The first-order valence-corrected chi connectivity index (χ1v) is 11.3. The molecule has 150 valence electrons. The minimum Gasteiger partial charge on any atom is -0.349 e. The first kappa shape index (κ1) is 19.2. The molecule has 2 heterocycles. The van der Waals surface area contributed by atoms with Gasteiger partial charge in [-0.25, -0.2) is 12.8 Å². The Morgan fingerprint density at radius 2 is 1.89 bits per heavy atom. The molecule has 0 aliphatic carbocycles. The molecule has 1 saturated heterocycles. The normalized spacial score (nSPS) is 18.6. The summed E-state index contributed by atoms with van der Waals surface area (Å²) in [5, 5.41) is 0. The number of anilines is 2. The second kappa shape index (κ2) is 7.37. The summed E-state index contributed by atoms with van der Waals surface area (Å²) in [6.45, 7) is 6.09. The number of halogens is 1. The summed E-state index contributed by atoms with van der Waals surface area (Å²) < 4.78 is 41.1. The highest BCUT2D eigenvalue weighted by molar-refractivity contribution is 7.89. The van der Waals surface area contributed by atoms with Gasteiger partial charge in [-0.05, 0) is 48.7 Å². The van der Waals surface area contributed by atoms with Crippen LogP contribution in [0.4, 0.5) is 15.8 Å². The maximum Gasteiger partial charge on any atom is 0.243 e. The van der Waals surface area contributed by atoms with Crippen molar-refractivity contribution in [2.75, 3.05) is 29.4 Å². The molecule has 0 N–H and O–H groups in total. The van der Waals surface area contributed by atoms with Crippen molar-refractivity contribution in [2.45, 2.75) is 44.3 Å². The Morgan fingerprint density at radius 1 is 1.11 bits per heavy atom. The van der Waals surface area contributed by atoms with Crippen molar-refractivity contribution in [3.05, 3.63) is 53.8 Å². The molecule has 0 amide bonds. The van der Waals surface area contributed by atoms with Crippen LogP contribution in [0.15, 0.2) is 47.4 Å². The van der Waals surface area contributed by atoms with Crippen molar-refractivity contribution in [1.29, 1.82) is 0 Å². The molecule has 1 fully saturated rings. The maximum atomic E-state index is 13.7. The summed E-state index contributed by atoms with van der Waals surface area (Å²) in [6.07, 6.45) is 2.32. The molecule has 0 bridgehead atoms. The average Bonchev–Trinajstić information content (AvgIpc) is 3.25. The zero-order valence-electron chi connectivity index (χ0n) is 16.3. The van der Waals surface area contributed by atoms with E-state index in [2.05, 4.69) is 9.80 Å². The Morgan fingerprint density at radius 3 is 2.61 bits per heavy atom. The Kier molecular flexibility index (Phi) is 5.05. The van der Waals surface area contributed by atoms with Crippen molar-refractivity contribution in [1.82, 2.24) is 4.31 Å². The molecule has 2 aliphatic rings. The summed E-state index contributed by atoms with van der Waals surface area (Å²) in [4.78, 5) is 4.88. The molecular formula is C21H26FN3O2S. The fourth-order valence-corrected chi connectivity index (χ4v) is 5.87. The summed E-state index contributed by atoms with van der Waals surface area (Å²) in [7, 11) is -3.52. The highest BCUT2D eigenvalue weighted by atomic mass is 32.2. The van der Waals surface area contributed by atoms with Gasteiger partial charge in [-0.15, -0.1) is 0 Å². The zero-order valence-corrected chi connectivity index (χ0v) is 17.1. The van der Waals surface area contributed by atoms with Crippen LogP contribution in [-0.2, 0) is 16.6 Å². The zero-order chi connectivity index (χ0) is 19.9. The Balaban J connectivity index is 1.74. The first-order chi connectivity index (χ1) is 13.5. The van der Waals surface area contributed by atoms with Crippen molar-refractivity contribution >= 4 is 21.4 Å². The standard InChI is InChI=1S/C21H26FN3O2S/c1-3-23(4-2)28(26,27)18-10-11-19-20(14-18)25(21-9-6-12-24(19)21)15-16-7-5-8-17(22)13-16/h5,7-8,10-11,13-14,21H,3-4,6,9,12,15H2,1-2H3/t21-/m1/s1. The third kappa shape index (κ3) is 3.16. The van der Waals surface area contributed by atoms with Crippen LogP contribution in [0, 0.1) is 5.82 Å². The third-order valence-electron chi connectivity index (χ3n) is 5.73. The van der Waals surface area contributed by atoms with Crippen molar-refractivity contribution in [3.63, 3.8) is 0 Å². The van der Waals surface area contributed by atoms with E-state index in [-0.39, 0.29) is 12.0 Å². The highest BCUT2D eigenvalue weighted by Crippen LogP contribution is 2.45. The molecule has 7 heteroatoms. The van der Waals surface area contributed by atoms with Gasteiger partial charge in [0.25, 0.3) is 0 Å². The predicted molar refractivity (Wildman–Crippen MR) is 109 cm³/mol. The number of hydrogen-bond donors (Lipinski definition) is 0. The molecular weight excluding hydrogens is 377 g/mol. The number of benzene rings is 2. The van der Waals surface area contributed by atoms with Gasteiger partial charge >= 0.3 is 0 Å². The van der Waals surface area contributed by atoms with E-state index < -0.39 is 10.0 Å². The highest BCUT2D eigenvalue weighted by Gasteiger charge is 2.39. The Labute approximate surface area is 166 Å². The molecule has 0 spiro atoms. The van der Waals surface area contributed by atoms with E-state index in [0.29, 0.717) is 24.5 Å². The largest absolute Gasteiger partial charge is 0.349 e. The Hall–Kier alpha value is -2.12. The molecule has 5 nitrogen and oxygen atoms in total. The first-order valence-electron chi connectivity index (χ1n) is 9.87. The van der Waals surface area contributed by atoms with Gasteiger partial charge in [0, 0.05) is 26.2 Å². The molecule has 1 atom stereocenters. The lowest BCUT2D eigenvalue weighted by Gasteiger charge is -2.27. The van der Waals surface area contributed by atoms with E-state index in [4.69, 9.17) is 0 Å². The van der Waals surface area contributed by atoms with E-state index in [1.165, 1.54) is 10.4 Å². The van der Waals surface area contributed by atoms with E-state index >= 15 is 0 Å². The van der Waals surface area contributed by atoms with Crippen molar-refractivity contribution in [3.8, 4) is 0 Å². The molecule has 4 rings (SSSR count). The van der Waals surface area contributed by atoms with E-state index in [1.807, 2.05) is 26.0 Å². The lowest BCUT2D eigenvalue weighted by atomic mass is 10.1. The Bertz CT molecular complexity index is 975. The topological polar surface area (TPSA) is 43.9 Å². The van der Waals surface area contributed by atoms with E-state index in [9.17, 15) is 12.8 Å². The fourth-order valence-electron chi connectivity index (χ4n) is 4.39. The van der Waals surface area contributed by atoms with Crippen LogP contribution in [0.5, 0.6) is 0 Å².